The van der Waals surface area contributed by atoms with Crippen molar-refractivity contribution < 1.29 is 13.9 Å². The molecule has 0 heterocycles. The number of halogens is 1. The first-order valence-electron chi connectivity index (χ1n) is 4.48. The van der Waals surface area contributed by atoms with E-state index in [0.29, 0.717) is 0 Å². The van der Waals surface area contributed by atoms with E-state index in [2.05, 4.69) is 0 Å². The first-order chi connectivity index (χ1) is 6.52. The topological polar surface area (TPSA) is 26.3 Å². The molecule has 0 atom stereocenters. The van der Waals surface area contributed by atoms with Gasteiger partial charge in [-0.15, -0.1) is 0 Å². The molecule has 0 aliphatic rings. The van der Waals surface area contributed by atoms with Gasteiger partial charge in [0.2, 0.25) is 0 Å². The van der Waals surface area contributed by atoms with Crippen molar-refractivity contribution in [2.24, 2.45) is 0 Å². The van der Waals surface area contributed by atoms with Crippen LogP contribution in [0.25, 0.3) is 0 Å². The van der Waals surface area contributed by atoms with E-state index in [0.717, 1.165) is 0 Å². The van der Waals surface area contributed by atoms with E-state index in [1.807, 2.05) is 0 Å². The van der Waals surface area contributed by atoms with Gasteiger partial charge in [-0.1, -0.05) is 6.07 Å². The fraction of sp³-hybridized carbons (Fsp3) is 0.364. The van der Waals surface area contributed by atoms with Gasteiger partial charge >= 0.3 is 0 Å². The van der Waals surface area contributed by atoms with E-state index in [9.17, 15) is 9.18 Å². The molecule has 14 heavy (non-hydrogen) atoms. The zero-order chi connectivity index (χ0) is 10.7. The van der Waals surface area contributed by atoms with Gasteiger partial charge in [-0.05, 0) is 32.9 Å². The van der Waals surface area contributed by atoms with Crippen molar-refractivity contribution in [1.29, 1.82) is 0 Å². The van der Waals surface area contributed by atoms with Crippen molar-refractivity contribution >= 4 is 5.78 Å². The first kappa shape index (κ1) is 10.7. The molecule has 1 aromatic rings. The average Bonchev–Trinajstić information content (AvgIpc) is 2.07. The molecule has 0 bridgehead atoms. The Morgan fingerprint density at radius 1 is 1.43 bits per heavy atom. The van der Waals surface area contributed by atoms with Gasteiger partial charge in [-0.25, -0.2) is 4.39 Å². The van der Waals surface area contributed by atoms with Gasteiger partial charge in [-0.2, -0.15) is 0 Å². The molecule has 0 aliphatic carbocycles. The lowest BCUT2D eigenvalue weighted by Gasteiger charge is -2.11. The van der Waals surface area contributed by atoms with Crippen LogP contribution in [0.3, 0.4) is 0 Å². The Balaban J connectivity index is 3.07. The van der Waals surface area contributed by atoms with Crippen LogP contribution in [0, 0.1) is 5.82 Å². The molecule has 2 nitrogen and oxygen atoms in total. The van der Waals surface area contributed by atoms with Gasteiger partial charge in [0.15, 0.2) is 17.3 Å². The second-order valence-electron chi connectivity index (χ2n) is 3.34. The molecule has 0 unspecified atom stereocenters. The number of carbonyl (C=O) groups excluding carboxylic acids is 1. The molecule has 0 radical (unpaired) electrons. The fourth-order valence-electron chi connectivity index (χ4n) is 1.13. The highest BCUT2D eigenvalue weighted by molar-refractivity contribution is 5.94. The van der Waals surface area contributed by atoms with Gasteiger partial charge in [-0.3, -0.25) is 4.79 Å². The van der Waals surface area contributed by atoms with Crippen molar-refractivity contribution in [3.05, 3.63) is 29.6 Å². The van der Waals surface area contributed by atoms with Crippen LogP contribution in [0.2, 0.25) is 0 Å². The SMILES string of the molecule is CC(=O)c1cccc(OC(C)C)c1F. The smallest absolute Gasteiger partial charge is 0.175 e. The summed E-state index contributed by atoms with van der Waals surface area (Å²) >= 11 is 0. The number of rotatable bonds is 3. The number of benzene rings is 1. The highest BCUT2D eigenvalue weighted by Gasteiger charge is 2.12. The van der Waals surface area contributed by atoms with Gasteiger partial charge in [0, 0.05) is 0 Å². The summed E-state index contributed by atoms with van der Waals surface area (Å²) in [6.07, 6.45) is -0.105. The number of carbonyl (C=O) groups is 1. The summed E-state index contributed by atoms with van der Waals surface area (Å²) in [6, 6.07) is 4.57. The molecule has 0 saturated carbocycles. The number of Topliss-reactive ketones (excluding diaryl/α,β-unsaturated/α-hetero) is 1. The van der Waals surface area contributed by atoms with Crippen LogP contribution in [-0.2, 0) is 0 Å². The fourth-order valence-corrected chi connectivity index (χ4v) is 1.13. The average molecular weight is 196 g/mol. The van der Waals surface area contributed by atoms with E-state index >= 15 is 0 Å². The normalized spacial score (nSPS) is 10.4. The van der Waals surface area contributed by atoms with Crippen LogP contribution in [0.15, 0.2) is 18.2 Å². The highest BCUT2D eigenvalue weighted by Crippen LogP contribution is 2.21. The lowest BCUT2D eigenvalue weighted by molar-refractivity contribution is 0.101. The van der Waals surface area contributed by atoms with Crippen molar-refractivity contribution in [2.45, 2.75) is 26.9 Å². The molecular weight excluding hydrogens is 183 g/mol. The molecule has 0 saturated heterocycles. The predicted molar refractivity (Wildman–Crippen MR) is 52.2 cm³/mol. The molecule has 0 aromatic heterocycles. The lowest BCUT2D eigenvalue weighted by Crippen LogP contribution is -2.08. The van der Waals surface area contributed by atoms with Crippen molar-refractivity contribution in [3.63, 3.8) is 0 Å². The highest BCUT2D eigenvalue weighted by atomic mass is 19.1. The quantitative estimate of drug-likeness (QED) is 0.695. The van der Waals surface area contributed by atoms with Gasteiger partial charge in [0.05, 0.1) is 11.7 Å². The third-order valence-electron chi connectivity index (χ3n) is 1.71. The minimum Gasteiger partial charge on any atom is -0.488 e. The number of ether oxygens (including phenoxy) is 1. The van der Waals surface area contributed by atoms with E-state index in [1.54, 1.807) is 19.9 Å². The first-order valence-corrected chi connectivity index (χ1v) is 4.48. The summed E-state index contributed by atoms with van der Waals surface area (Å²) in [5.41, 5.74) is 0.0724. The van der Waals surface area contributed by atoms with Crippen LogP contribution >= 0.6 is 0 Å². The molecule has 0 fully saturated rings. The van der Waals surface area contributed by atoms with E-state index in [1.165, 1.54) is 19.1 Å². The van der Waals surface area contributed by atoms with E-state index < -0.39 is 5.82 Å². The second kappa shape index (κ2) is 4.22. The Morgan fingerprint density at radius 3 is 2.57 bits per heavy atom. The summed E-state index contributed by atoms with van der Waals surface area (Å²) in [5, 5.41) is 0. The third kappa shape index (κ3) is 2.31. The Morgan fingerprint density at radius 2 is 2.07 bits per heavy atom. The zero-order valence-corrected chi connectivity index (χ0v) is 8.50. The Bertz CT molecular complexity index is 345. The second-order valence-corrected chi connectivity index (χ2v) is 3.34. The monoisotopic (exact) mass is 196 g/mol. The number of ketones is 1. The number of hydrogen-bond acceptors (Lipinski definition) is 2. The molecular formula is C11H13FO2. The van der Waals surface area contributed by atoms with E-state index in [-0.39, 0.29) is 23.2 Å². The summed E-state index contributed by atoms with van der Waals surface area (Å²) in [7, 11) is 0. The maximum absolute atomic E-state index is 13.5. The minimum absolute atomic E-state index is 0.0724. The Kier molecular flexibility index (Phi) is 3.23. The van der Waals surface area contributed by atoms with Gasteiger partial charge < -0.3 is 4.74 Å². The predicted octanol–water partition coefficient (Wildman–Crippen LogP) is 2.82. The number of hydrogen-bond donors (Lipinski definition) is 0. The van der Waals surface area contributed by atoms with Crippen molar-refractivity contribution in [3.8, 4) is 5.75 Å². The summed E-state index contributed by atoms with van der Waals surface area (Å²) in [5.74, 6) is -0.738. The van der Waals surface area contributed by atoms with Crippen LogP contribution in [0.5, 0.6) is 5.75 Å². The summed E-state index contributed by atoms with van der Waals surface area (Å²) in [6.45, 7) is 4.94. The van der Waals surface area contributed by atoms with Gasteiger partial charge in [0.1, 0.15) is 0 Å². The molecule has 76 valence electrons. The molecule has 0 amide bonds. The van der Waals surface area contributed by atoms with Crippen LogP contribution in [-0.4, -0.2) is 11.9 Å². The molecule has 0 aliphatic heterocycles. The molecule has 1 rings (SSSR count). The van der Waals surface area contributed by atoms with Crippen LogP contribution < -0.4 is 4.74 Å². The van der Waals surface area contributed by atoms with E-state index in [4.69, 9.17) is 4.74 Å². The molecule has 0 spiro atoms. The largest absolute Gasteiger partial charge is 0.488 e. The van der Waals surface area contributed by atoms with Crippen molar-refractivity contribution in [2.75, 3.05) is 0 Å². The standard InChI is InChI=1S/C11H13FO2/c1-7(2)14-10-6-4-5-9(8(3)13)11(10)12/h4-7H,1-3H3. The lowest BCUT2D eigenvalue weighted by atomic mass is 10.1. The zero-order valence-electron chi connectivity index (χ0n) is 8.50. The third-order valence-corrected chi connectivity index (χ3v) is 1.71. The van der Waals surface area contributed by atoms with Crippen molar-refractivity contribution in [1.82, 2.24) is 0 Å². The minimum atomic E-state index is -0.575. The van der Waals surface area contributed by atoms with Gasteiger partial charge in [0.25, 0.3) is 0 Å². The maximum Gasteiger partial charge on any atom is 0.175 e. The van der Waals surface area contributed by atoms with Crippen LogP contribution in [0.1, 0.15) is 31.1 Å². The maximum atomic E-state index is 13.5. The van der Waals surface area contributed by atoms with Crippen LogP contribution in [0.4, 0.5) is 4.39 Å². The molecule has 0 N–H and O–H groups in total. The molecule has 1 aromatic carbocycles. The Labute approximate surface area is 82.7 Å². The molecule has 3 heteroatoms. The summed E-state index contributed by atoms with van der Waals surface area (Å²) in [4.78, 5) is 11.0. The summed E-state index contributed by atoms with van der Waals surface area (Å²) < 4.78 is 18.7. The Hall–Kier alpha value is -1.38.